The number of aryl methyl sites for hydroxylation is 1. The molecule has 1 N–H and O–H groups in total. The first-order valence-electron chi connectivity index (χ1n) is 5.90. The average Bonchev–Trinajstić information content (AvgIpc) is 2.88. The van der Waals surface area contributed by atoms with Crippen LogP contribution in [0.4, 0.5) is 0 Å². The lowest BCUT2D eigenvalue weighted by atomic mass is 10.1. The molecule has 0 spiro atoms. The van der Waals surface area contributed by atoms with Crippen molar-refractivity contribution in [1.29, 1.82) is 0 Å². The molecule has 0 amide bonds. The number of carbonyl (C=O) groups is 1. The number of hydrogen-bond acceptors (Lipinski definition) is 7. The fourth-order valence-electron chi connectivity index (χ4n) is 1.82. The van der Waals surface area contributed by atoms with Gasteiger partial charge in [0.05, 0.1) is 5.56 Å². The topological polar surface area (TPSA) is 80.9 Å². The highest BCUT2D eigenvalue weighted by molar-refractivity contribution is 8.00. The minimum atomic E-state index is -0.904. The summed E-state index contributed by atoms with van der Waals surface area (Å²) in [5.74, 6) is -0.277. The van der Waals surface area contributed by atoms with Gasteiger partial charge in [0, 0.05) is 22.6 Å². The zero-order chi connectivity index (χ0) is 15.4. The molecule has 0 radical (unpaired) electrons. The lowest BCUT2D eigenvalue weighted by molar-refractivity contribution is 0.0693. The summed E-state index contributed by atoms with van der Waals surface area (Å²) >= 11 is 4.56. The van der Waals surface area contributed by atoms with E-state index in [2.05, 4.69) is 15.5 Å². The van der Waals surface area contributed by atoms with E-state index in [1.807, 2.05) is 18.6 Å². The third-order valence-electron chi connectivity index (χ3n) is 2.80. The summed E-state index contributed by atoms with van der Waals surface area (Å²) in [6, 6.07) is 3.52. The van der Waals surface area contributed by atoms with Gasteiger partial charge in [-0.1, -0.05) is 11.8 Å². The van der Waals surface area contributed by atoms with Crippen molar-refractivity contribution in [3.05, 3.63) is 23.3 Å². The number of carboxylic acids is 1. The number of thioether (sulfide) groups is 3. The van der Waals surface area contributed by atoms with Gasteiger partial charge in [-0.25, -0.2) is 9.48 Å². The fraction of sp³-hybridized carbons (Fsp3) is 0.333. The van der Waals surface area contributed by atoms with Crippen LogP contribution < -0.4 is 0 Å². The highest BCUT2D eigenvalue weighted by atomic mass is 32.2. The Labute approximate surface area is 135 Å². The van der Waals surface area contributed by atoms with E-state index < -0.39 is 5.97 Å². The quantitative estimate of drug-likeness (QED) is 0.803. The van der Waals surface area contributed by atoms with Crippen LogP contribution in [-0.4, -0.2) is 43.8 Å². The first-order valence-corrected chi connectivity index (χ1v) is 9.34. The van der Waals surface area contributed by atoms with Crippen LogP contribution in [0, 0.1) is 0 Å². The van der Waals surface area contributed by atoms with Crippen molar-refractivity contribution in [3.8, 4) is 0 Å². The van der Waals surface area contributed by atoms with E-state index in [1.54, 1.807) is 29.6 Å². The third kappa shape index (κ3) is 3.53. The molecule has 0 saturated carbocycles. The molecule has 0 aliphatic heterocycles. The van der Waals surface area contributed by atoms with Crippen molar-refractivity contribution in [2.45, 2.75) is 20.7 Å². The molecule has 0 bridgehead atoms. The van der Waals surface area contributed by atoms with Gasteiger partial charge in [0.15, 0.2) is 0 Å². The molecule has 9 heteroatoms. The van der Waals surface area contributed by atoms with Crippen LogP contribution >= 0.6 is 35.3 Å². The Morgan fingerprint density at radius 3 is 2.62 bits per heavy atom. The molecule has 6 nitrogen and oxygen atoms in total. The molecular weight excluding hydrogens is 328 g/mol. The average molecular weight is 342 g/mol. The van der Waals surface area contributed by atoms with Crippen LogP contribution in [0.2, 0.25) is 0 Å². The summed E-state index contributed by atoms with van der Waals surface area (Å²) in [6.07, 6.45) is 3.88. The molecule has 0 saturated heterocycles. The second-order valence-corrected chi connectivity index (χ2v) is 6.61. The Bertz CT molecular complexity index is 660. The summed E-state index contributed by atoms with van der Waals surface area (Å²) in [6.45, 7) is 0. The molecule has 1 heterocycles. The maximum atomic E-state index is 11.4. The number of aromatic carboxylic acids is 1. The van der Waals surface area contributed by atoms with E-state index in [1.165, 1.54) is 23.5 Å². The molecule has 21 heavy (non-hydrogen) atoms. The Hall–Kier alpha value is -1.19. The predicted octanol–water partition coefficient (Wildman–Crippen LogP) is 2.64. The molecule has 112 valence electrons. The minimum Gasteiger partial charge on any atom is -0.478 e. The number of nitrogens with zero attached hydrogens (tertiary/aromatic N) is 4. The van der Waals surface area contributed by atoms with Crippen LogP contribution in [-0.2, 0) is 12.8 Å². The molecule has 0 atom stereocenters. The second kappa shape index (κ2) is 7.19. The van der Waals surface area contributed by atoms with Crippen molar-refractivity contribution < 1.29 is 9.90 Å². The SMILES string of the molecule is CSc1ccc(C(=O)O)c(SC)c1CSc1nnnn1C. The van der Waals surface area contributed by atoms with Gasteiger partial charge in [-0.2, -0.15) is 0 Å². The molecule has 2 aromatic rings. The lowest BCUT2D eigenvalue weighted by Gasteiger charge is -2.14. The largest absolute Gasteiger partial charge is 0.478 e. The van der Waals surface area contributed by atoms with E-state index in [9.17, 15) is 9.90 Å². The maximum absolute atomic E-state index is 11.4. The van der Waals surface area contributed by atoms with Gasteiger partial charge < -0.3 is 5.11 Å². The zero-order valence-corrected chi connectivity index (χ0v) is 14.2. The second-order valence-electron chi connectivity index (χ2n) is 4.01. The molecule has 1 aromatic carbocycles. The monoisotopic (exact) mass is 342 g/mol. The molecular formula is C12H14N4O2S3. The van der Waals surface area contributed by atoms with Crippen LogP contribution in [0.3, 0.4) is 0 Å². The Morgan fingerprint density at radius 2 is 2.10 bits per heavy atom. The van der Waals surface area contributed by atoms with Crippen LogP contribution in [0.1, 0.15) is 15.9 Å². The summed E-state index contributed by atoms with van der Waals surface area (Å²) in [7, 11) is 1.78. The number of benzene rings is 1. The number of tetrazole rings is 1. The Balaban J connectivity index is 2.37. The lowest BCUT2D eigenvalue weighted by Crippen LogP contribution is -2.03. The summed E-state index contributed by atoms with van der Waals surface area (Å²) in [5, 5.41) is 21.3. The van der Waals surface area contributed by atoms with E-state index in [0.29, 0.717) is 16.5 Å². The molecule has 0 aliphatic carbocycles. The molecule has 2 rings (SSSR count). The maximum Gasteiger partial charge on any atom is 0.336 e. The highest BCUT2D eigenvalue weighted by Gasteiger charge is 2.18. The van der Waals surface area contributed by atoms with E-state index in [0.717, 1.165) is 15.4 Å². The number of hydrogen-bond donors (Lipinski definition) is 1. The number of aromatic nitrogens is 4. The van der Waals surface area contributed by atoms with Gasteiger partial charge in [0.25, 0.3) is 0 Å². The van der Waals surface area contributed by atoms with Gasteiger partial charge in [-0.3, -0.25) is 0 Å². The number of rotatable bonds is 6. The van der Waals surface area contributed by atoms with E-state index in [4.69, 9.17) is 0 Å². The normalized spacial score (nSPS) is 10.8. The van der Waals surface area contributed by atoms with Crippen LogP contribution in [0.25, 0.3) is 0 Å². The summed E-state index contributed by atoms with van der Waals surface area (Å²) in [5.41, 5.74) is 1.36. The molecule has 0 fully saturated rings. The highest BCUT2D eigenvalue weighted by Crippen LogP contribution is 2.36. The van der Waals surface area contributed by atoms with Crippen LogP contribution in [0.15, 0.2) is 27.1 Å². The van der Waals surface area contributed by atoms with Gasteiger partial charge in [-0.05, 0) is 40.6 Å². The predicted molar refractivity (Wildman–Crippen MR) is 85.3 cm³/mol. The smallest absolute Gasteiger partial charge is 0.336 e. The summed E-state index contributed by atoms with van der Waals surface area (Å²) < 4.78 is 1.60. The van der Waals surface area contributed by atoms with Crippen molar-refractivity contribution in [2.24, 2.45) is 7.05 Å². The third-order valence-corrected chi connectivity index (χ3v) is 5.53. The standard InChI is InChI=1S/C12H14N4O2S3/c1-16-12(13-14-15-16)21-6-8-9(19-2)5-4-7(11(17)18)10(8)20-3/h4-5H,6H2,1-3H3,(H,17,18). The van der Waals surface area contributed by atoms with Crippen molar-refractivity contribution in [3.63, 3.8) is 0 Å². The Kier molecular flexibility index (Phi) is 5.54. The van der Waals surface area contributed by atoms with E-state index >= 15 is 0 Å². The van der Waals surface area contributed by atoms with Crippen LogP contribution in [0.5, 0.6) is 0 Å². The van der Waals surface area contributed by atoms with Crippen molar-refractivity contribution in [2.75, 3.05) is 12.5 Å². The molecule has 1 aromatic heterocycles. The first kappa shape index (κ1) is 16.2. The molecule has 0 aliphatic rings. The van der Waals surface area contributed by atoms with Gasteiger partial charge in [0.1, 0.15) is 0 Å². The zero-order valence-electron chi connectivity index (χ0n) is 11.7. The number of carboxylic acid groups (broad SMARTS) is 1. The van der Waals surface area contributed by atoms with Gasteiger partial charge >= 0.3 is 5.97 Å². The van der Waals surface area contributed by atoms with Crippen molar-refractivity contribution in [1.82, 2.24) is 20.2 Å². The Morgan fingerprint density at radius 1 is 1.33 bits per heavy atom. The van der Waals surface area contributed by atoms with Gasteiger partial charge in [-0.15, -0.1) is 28.6 Å². The summed E-state index contributed by atoms with van der Waals surface area (Å²) in [4.78, 5) is 13.2. The van der Waals surface area contributed by atoms with Gasteiger partial charge in [0.2, 0.25) is 5.16 Å². The van der Waals surface area contributed by atoms with Crippen molar-refractivity contribution >= 4 is 41.3 Å². The molecule has 0 unspecified atom stereocenters. The minimum absolute atomic E-state index is 0.340. The first-order chi connectivity index (χ1) is 10.1. The fourth-order valence-corrected chi connectivity index (χ4v) is 4.39. The van der Waals surface area contributed by atoms with E-state index in [-0.39, 0.29) is 0 Å².